The van der Waals surface area contributed by atoms with Crippen molar-refractivity contribution in [2.24, 2.45) is 0 Å². The molecule has 1 aliphatic rings. The van der Waals surface area contributed by atoms with Crippen LogP contribution in [-0.2, 0) is 4.79 Å². The minimum Gasteiger partial charge on any atom is -0.349 e. The Hall–Kier alpha value is -0.480. The molecule has 4 heteroatoms. The second-order valence-electron chi connectivity index (χ2n) is 5.06. The third-order valence-corrected chi connectivity index (χ3v) is 5.40. The van der Waals surface area contributed by atoms with Gasteiger partial charge in [0, 0.05) is 9.72 Å². The molecule has 0 saturated heterocycles. The van der Waals surface area contributed by atoms with Gasteiger partial charge in [0.15, 0.2) is 0 Å². The quantitative estimate of drug-likeness (QED) is 0.864. The van der Waals surface area contributed by atoms with Crippen LogP contribution in [0.3, 0.4) is 0 Å². The van der Waals surface area contributed by atoms with Crippen LogP contribution >= 0.6 is 27.7 Å². The van der Waals surface area contributed by atoms with Gasteiger partial charge in [0.1, 0.15) is 0 Å². The van der Waals surface area contributed by atoms with E-state index in [1.807, 2.05) is 43.0 Å². The van der Waals surface area contributed by atoms with Crippen molar-refractivity contribution in [3.05, 3.63) is 34.3 Å². The summed E-state index contributed by atoms with van der Waals surface area (Å²) < 4.78 is 1.06. The van der Waals surface area contributed by atoms with E-state index >= 15 is 0 Å². The SMILES string of the molecule is CC(NC(=O)CSC1CCCC1)c1ccc(Br)cc1. The van der Waals surface area contributed by atoms with Crippen molar-refractivity contribution in [3.63, 3.8) is 0 Å². The summed E-state index contributed by atoms with van der Waals surface area (Å²) in [4.78, 5) is 11.9. The highest BCUT2D eigenvalue weighted by Crippen LogP contribution is 2.29. The highest BCUT2D eigenvalue weighted by Gasteiger charge is 2.17. The average molecular weight is 342 g/mol. The molecular weight excluding hydrogens is 322 g/mol. The Kier molecular flexibility index (Phi) is 5.76. The van der Waals surface area contributed by atoms with Crippen molar-refractivity contribution in [3.8, 4) is 0 Å². The van der Waals surface area contributed by atoms with Crippen molar-refractivity contribution >= 4 is 33.6 Å². The number of carbonyl (C=O) groups excluding carboxylic acids is 1. The zero-order chi connectivity index (χ0) is 13.7. The molecule has 1 atom stereocenters. The number of carbonyl (C=O) groups is 1. The van der Waals surface area contributed by atoms with Gasteiger partial charge >= 0.3 is 0 Å². The number of rotatable bonds is 5. The summed E-state index contributed by atoms with van der Waals surface area (Å²) in [7, 11) is 0. The van der Waals surface area contributed by atoms with Gasteiger partial charge in [-0.25, -0.2) is 0 Å². The second-order valence-corrected chi connectivity index (χ2v) is 7.26. The number of hydrogen-bond acceptors (Lipinski definition) is 2. The monoisotopic (exact) mass is 341 g/mol. The van der Waals surface area contributed by atoms with Gasteiger partial charge in [-0.15, -0.1) is 11.8 Å². The van der Waals surface area contributed by atoms with Gasteiger partial charge in [-0.1, -0.05) is 40.9 Å². The van der Waals surface area contributed by atoms with Crippen molar-refractivity contribution in [2.45, 2.75) is 43.9 Å². The van der Waals surface area contributed by atoms with Crippen LogP contribution in [-0.4, -0.2) is 16.9 Å². The molecule has 104 valence electrons. The van der Waals surface area contributed by atoms with Crippen LogP contribution in [0.25, 0.3) is 0 Å². The van der Waals surface area contributed by atoms with Gasteiger partial charge in [-0.05, 0) is 37.5 Å². The van der Waals surface area contributed by atoms with Gasteiger partial charge in [-0.2, -0.15) is 0 Å². The normalized spacial score (nSPS) is 17.4. The van der Waals surface area contributed by atoms with E-state index in [0.29, 0.717) is 11.0 Å². The summed E-state index contributed by atoms with van der Waals surface area (Å²) in [5, 5.41) is 3.77. The lowest BCUT2D eigenvalue weighted by atomic mass is 10.1. The molecule has 1 aliphatic carbocycles. The predicted molar refractivity (Wildman–Crippen MR) is 85.4 cm³/mol. The topological polar surface area (TPSA) is 29.1 Å². The molecule has 1 saturated carbocycles. The molecule has 0 aromatic heterocycles. The van der Waals surface area contributed by atoms with E-state index < -0.39 is 0 Å². The minimum absolute atomic E-state index is 0.0739. The van der Waals surface area contributed by atoms with E-state index in [9.17, 15) is 4.79 Å². The van der Waals surface area contributed by atoms with Gasteiger partial charge in [0.25, 0.3) is 0 Å². The molecule has 0 spiro atoms. The van der Waals surface area contributed by atoms with Crippen LogP contribution < -0.4 is 5.32 Å². The number of thioether (sulfide) groups is 1. The lowest BCUT2D eigenvalue weighted by Crippen LogP contribution is -2.28. The largest absolute Gasteiger partial charge is 0.349 e. The Balaban J connectivity index is 1.76. The molecule has 0 bridgehead atoms. The number of nitrogens with one attached hydrogen (secondary N) is 1. The first-order chi connectivity index (χ1) is 9.15. The molecule has 1 aromatic rings. The zero-order valence-electron chi connectivity index (χ0n) is 11.2. The average Bonchev–Trinajstić information content (AvgIpc) is 2.90. The van der Waals surface area contributed by atoms with Crippen LogP contribution in [0.15, 0.2) is 28.7 Å². The number of hydrogen-bond donors (Lipinski definition) is 1. The van der Waals surface area contributed by atoms with E-state index in [-0.39, 0.29) is 11.9 Å². The molecule has 19 heavy (non-hydrogen) atoms. The molecule has 0 radical (unpaired) electrons. The van der Waals surface area contributed by atoms with Crippen molar-refractivity contribution in [1.82, 2.24) is 5.32 Å². The van der Waals surface area contributed by atoms with Crippen molar-refractivity contribution in [2.75, 3.05) is 5.75 Å². The predicted octanol–water partition coefficient (Wildman–Crippen LogP) is 4.30. The van der Waals surface area contributed by atoms with Crippen molar-refractivity contribution < 1.29 is 4.79 Å². The van der Waals surface area contributed by atoms with Gasteiger partial charge in [0.2, 0.25) is 5.91 Å². The van der Waals surface area contributed by atoms with Crippen LogP contribution in [0.1, 0.15) is 44.2 Å². The molecule has 2 nitrogen and oxygen atoms in total. The molecule has 1 aromatic carbocycles. The van der Waals surface area contributed by atoms with Crippen LogP contribution in [0, 0.1) is 0 Å². The van der Waals surface area contributed by atoms with E-state index in [2.05, 4.69) is 21.2 Å². The van der Waals surface area contributed by atoms with Crippen LogP contribution in [0.5, 0.6) is 0 Å². The highest BCUT2D eigenvalue weighted by atomic mass is 79.9. The Morgan fingerprint density at radius 1 is 1.37 bits per heavy atom. The molecule has 2 rings (SSSR count). The molecule has 1 amide bonds. The first-order valence-electron chi connectivity index (χ1n) is 6.81. The molecular formula is C15H20BrNOS. The number of amides is 1. The maximum atomic E-state index is 11.9. The lowest BCUT2D eigenvalue weighted by molar-refractivity contribution is -0.119. The van der Waals surface area contributed by atoms with Gasteiger partial charge < -0.3 is 5.32 Å². The van der Waals surface area contributed by atoms with Gasteiger partial charge in [-0.3, -0.25) is 4.79 Å². The first kappa shape index (κ1) is 14.9. The Morgan fingerprint density at radius 3 is 2.63 bits per heavy atom. The fourth-order valence-corrected chi connectivity index (χ4v) is 3.77. The molecule has 1 fully saturated rings. The molecule has 1 unspecified atom stereocenters. The first-order valence-corrected chi connectivity index (χ1v) is 8.66. The second kappa shape index (κ2) is 7.34. The highest BCUT2D eigenvalue weighted by molar-refractivity contribution is 9.10. The fourth-order valence-electron chi connectivity index (χ4n) is 2.37. The third-order valence-electron chi connectivity index (χ3n) is 3.50. The van der Waals surface area contributed by atoms with Gasteiger partial charge in [0.05, 0.1) is 11.8 Å². The minimum atomic E-state index is 0.0739. The summed E-state index contributed by atoms with van der Waals surface area (Å²) >= 11 is 5.23. The summed E-state index contributed by atoms with van der Waals surface area (Å²) in [5.41, 5.74) is 1.14. The lowest BCUT2D eigenvalue weighted by Gasteiger charge is -2.15. The maximum Gasteiger partial charge on any atom is 0.230 e. The van der Waals surface area contributed by atoms with E-state index in [0.717, 1.165) is 10.0 Å². The molecule has 0 heterocycles. The van der Waals surface area contributed by atoms with Crippen LogP contribution in [0.4, 0.5) is 0 Å². The number of halogens is 1. The van der Waals surface area contributed by atoms with E-state index in [1.165, 1.54) is 25.7 Å². The fraction of sp³-hybridized carbons (Fsp3) is 0.533. The molecule has 0 aliphatic heterocycles. The van der Waals surface area contributed by atoms with Crippen LogP contribution in [0.2, 0.25) is 0 Å². The maximum absolute atomic E-state index is 11.9. The summed E-state index contributed by atoms with van der Waals surface area (Å²) in [6.07, 6.45) is 5.21. The summed E-state index contributed by atoms with van der Waals surface area (Å²) in [6, 6.07) is 8.17. The Morgan fingerprint density at radius 2 is 2.00 bits per heavy atom. The third kappa shape index (κ3) is 4.84. The van der Waals surface area contributed by atoms with Crippen molar-refractivity contribution in [1.29, 1.82) is 0 Å². The van der Waals surface area contributed by atoms with E-state index in [1.54, 1.807) is 0 Å². The summed E-state index contributed by atoms with van der Waals surface area (Å²) in [5.74, 6) is 0.734. The molecule has 1 N–H and O–H groups in total. The Labute approximate surface area is 127 Å². The summed E-state index contributed by atoms with van der Waals surface area (Å²) in [6.45, 7) is 2.03. The standard InChI is InChI=1S/C15H20BrNOS/c1-11(12-6-8-13(16)9-7-12)17-15(18)10-19-14-4-2-3-5-14/h6-9,11,14H,2-5,10H2,1H3,(H,17,18). The van der Waals surface area contributed by atoms with E-state index in [4.69, 9.17) is 0 Å². The smallest absolute Gasteiger partial charge is 0.230 e. The zero-order valence-corrected chi connectivity index (χ0v) is 13.6. The Bertz CT molecular complexity index is 415. The number of benzene rings is 1.